The number of aliphatic imine (C=N–C) groups is 1. The predicted octanol–water partition coefficient (Wildman–Crippen LogP) is 3.95. The van der Waals surface area contributed by atoms with Gasteiger partial charge in [0, 0.05) is 31.0 Å². The van der Waals surface area contributed by atoms with E-state index in [0.717, 1.165) is 49.1 Å². The third kappa shape index (κ3) is 8.59. The number of primary amides is 1. The van der Waals surface area contributed by atoms with Gasteiger partial charge >= 0.3 is 0 Å². The van der Waals surface area contributed by atoms with Gasteiger partial charge in [-0.05, 0) is 81.0 Å². The number of nitrogens with two attached hydrogens (primary N) is 1. The van der Waals surface area contributed by atoms with Crippen LogP contribution in [-0.4, -0.2) is 37.7 Å². The average Bonchev–Trinajstić information content (AvgIpc) is 3.60. The van der Waals surface area contributed by atoms with Gasteiger partial charge in [-0.1, -0.05) is 12.1 Å². The molecule has 172 valence electrons. The van der Waals surface area contributed by atoms with Gasteiger partial charge in [0.2, 0.25) is 5.91 Å². The van der Waals surface area contributed by atoms with E-state index < -0.39 is 5.91 Å². The lowest BCUT2D eigenvalue weighted by atomic mass is 10.1. The Morgan fingerprint density at radius 1 is 1.12 bits per heavy atom. The van der Waals surface area contributed by atoms with Crippen LogP contribution in [0.3, 0.4) is 0 Å². The first-order valence-corrected chi connectivity index (χ1v) is 11.3. The average molecular weight is 439 g/mol. The number of nitrogens with one attached hydrogen (secondary N) is 2. The molecule has 1 aliphatic carbocycles. The zero-order valence-electron chi connectivity index (χ0n) is 19.0. The largest absolute Gasteiger partial charge is 0.491 e. The topological polar surface area (TPSA) is 98.0 Å². The maximum absolute atomic E-state index is 11.3. The molecule has 2 aromatic carbocycles. The molecule has 1 saturated carbocycles. The summed E-state index contributed by atoms with van der Waals surface area (Å²) in [6, 6.07) is 15.0. The Hall–Kier alpha value is -3.06. The highest BCUT2D eigenvalue weighted by molar-refractivity contribution is 5.94. The highest BCUT2D eigenvalue weighted by atomic mass is 16.5. The van der Waals surface area contributed by atoms with Gasteiger partial charge in [-0.2, -0.15) is 0 Å². The van der Waals surface area contributed by atoms with Crippen molar-refractivity contribution in [2.45, 2.75) is 45.8 Å². The number of guanidine groups is 1. The molecule has 3 rings (SSSR count). The molecule has 0 aliphatic heterocycles. The fourth-order valence-electron chi connectivity index (χ4n) is 3.03. The van der Waals surface area contributed by atoms with Crippen LogP contribution in [0.1, 0.15) is 49.0 Å². The van der Waals surface area contributed by atoms with Gasteiger partial charge in [0.15, 0.2) is 5.96 Å². The van der Waals surface area contributed by atoms with Crippen molar-refractivity contribution < 1.29 is 14.3 Å². The van der Waals surface area contributed by atoms with Gasteiger partial charge in [0.05, 0.1) is 12.6 Å². The Bertz CT molecular complexity index is 875. The Balaban J connectivity index is 1.57. The molecule has 0 bridgehead atoms. The summed E-state index contributed by atoms with van der Waals surface area (Å²) in [6.45, 7) is 6.86. The zero-order chi connectivity index (χ0) is 22.8. The minimum absolute atomic E-state index is 0.135. The number of carbonyl (C=O) groups is 1. The second-order valence-electron chi connectivity index (χ2n) is 8.34. The third-order valence-electron chi connectivity index (χ3n) is 4.96. The number of anilines is 1. The monoisotopic (exact) mass is 438 g/mol. The summed E-state index contributed by atoms with van der Waals surface area (Å²) < 4.78 is 11.4. The normalized spacial score (nSPS) is 13.8. The third-order valence-corrected chi connectivity index (χ3v) is 4.96. The summed E-state index contributed by atoms with van der Waals surface area (Å²) in [6.07, 6.45) is 3.65. The molecule has 0 aromatic heterocycles. The standard InChI is InChI=1S/C25H34N4O3/c1-18(2)32-23-12-10-22(11-13-23)29-25(27-14-3-15-31-17-20-4-5-20)28-16-19-6-8-21(9-7-19)24(26)30/h6-13,18,20H,3-5,14-17H2,1-2H3,(H2,26,30)(H2,27,28,29). The van der Waals surface area contributed by atoms with E-state index in [0.29, 0.717) is 18.1 Å². The second-order valence-corrected chi connectivity index (χ2v) is 8.34. The zero-order valence-corrected chi connectivity index (χ0v) is 19.0. The predicted molar refractivity (Wildman–Crippen MR) is 128 cm³/mol. The van der Waals surface area contributed by atoms with Crippen LogP contribution in [0.4, 0.5) is 5.69 Å². The summed E-state index contributed by atoms with van der Waals surface area (Å²) in [5.74, 6) is 1.87. The van der Waals surface area contributed by atoms with Gasteiger partial charge < -0.3 is 25.8 Å². The summed E-state index contributed by atoms with van der Waals surface area (Å²) in [4.78, 5) is 16.0. The van der Waals surface area contributed by atoms with E-state index in [-0.39, 0.29) is 6.10 Å². The van der Waals surface area contributed by atoms with Gasteiger partial charge in [-0.25, -0.2) is 4.99 Å². The van der Waals surface area contributed by atoms with Crippen LogP contribution in [0.2, 0.25) is 0 Å². The lowest BCUT2D eigenvalue weighted by Gasteiger charge is -2.14. The molecule has 1 fully saturated rings. The van der Waals surface area contributed by atoms with Crippen molar-refractivity contribution >= 4 is 17.6 Å². The van der Waals surface area contributed by atoms with E-state index in [1.165, 1.54) is 12.8 Å². The molecule has 0 atom stereocenters. The van der Waals surface area contributed by atoms with Crippen molar-refractivity contribution in [1.82, 2.24) is 5.32 Å². The number of ether oxygens (including phenoxy) is 2. The van der Waals surface area contributed by atoms with E-state index in [4.69, 9.17) is 20.2 Å². The van der Waals surface area contributed by atoms with Gasteiger partial charge in [-0.15, -0.1) is 0 Å². The van der Waals surface area contributed by atoms with E-state index in [9.17, 15) is 4.79 Å². The SMILES string of the molecule is CC(C)Oc1ccc(NC(=NCc2ccc(C(N)=O)cc2)NCCCOCC2CC2)cc1. The number of hydrogen-bond acceptors (Lipinski definition) is 4. The summed E-state index contributed by atoms with van der Waals surface area (Å²) in [5, 5.41) is 6.72. The fraction of sp³-hybridized carbons (Fsp3) is 0.440. The van der Waals surface area contributed by atoms with E-state index in [1.54, 1.807) is 12.1 Å². The molecular weight excluding hydrogens is 404 g/mol. The number of nitrogens with zero attached hydrogens (tertiary/aromatic N) is 1. The molecule has 1 aliphatic rings. The molecule has 7 heteroatoms. The Morgan fingerprint density at radius 3 is 2.47 bits per heavy atom. The Morgan fingerprint density at radius 2 is 1.84 bits per heavy atom. The van der Waals surface area contributed by atoms with Crippen LogP contribution >= 0.6 is 0 Å². The lowest BCUT2D eigenvalue weighted by Crippen LogP contribution is -2.32. The minimum atomic E-state index is -0.433. The Labute approximate surface area is 190 Å². The molecule has 7 nitrogen and oxygen atoms in total. The highest BCUT2D eigenvalue weighted by Gasteiger charge is 2.20. The molecule has 1 amide bonds. The van der Waals surface area contributed by atoms with Crippen molar-refractivity contribution in [1.29, 1.82) is 0 Å². The van der Waals surface area contributed by atoms with Crippen LogP contribution in [0, 0.1) is 5.92 Å². The molecule has 32 heavy (non-hydrogen) atoms. The molecule has 0 unspecified atom stereocenters. The molecular formula is C25H34N4O3. The second kappa shape index (κ2) is 12.1. The van der Waals surface area contributed by atoms with Gasteiger partial charge in [0.1, 0.15) is 5.75 Å². The van der Waals surface area contributed by atoms with Crippen LogP contribution < -0.4 is 21.1 Å². The Kier molecular flexibility index (Phi) is 8.92. The van der Waals surface area contributed by atoms with Crippen molar-refractivity contribution in [2.24, 2.45) is 16.6 Å². The number of hydrogen-bond donors (Lipinski definition) is 3. The van der Waals surface area contributed by atoms with E-state index >= 15 is 0 Å². The summed E-state index contributed by atoms with van der Waals surface area (Å²) in [5.41, 5.74) is 7.71. The molecule has 0 saturated heterocycles. The minimum Gasteiger partial charge on any atom is -0.491 e. The van der Waals surface area contributed by atoms with Crippen LogP contribution in [0.5, 0.6) is 5.75 Å². The fourth-order valence-corrected chi connectivity index (χ4v) is 3.03. The maximum atomic E-state index is 11.3. The molecule has 0 spiro atoms. The van der Waals surface area contributed by atoms with Crippen molar-refractivity contribution in [2.75, 3.05) is 25.1 Å². The molecule has 2 aromatic rings. The summed E-state index contributed by atoms with van der Waals surface area (Å²) >= 11 is 0. The maximum Gasteiger partial charge on any atom is 0.248 e. The van der Waals surface area contributed by atoms with Crippen LogP contribution in [-0.2, 0) is 11.3 Å². The van der Waals surface area contributed by atoms with Gasteiger partial charge in [-0.3, -0.25) is 4.79 Å². The number of rotatable bonds is 12. The number of benzene rings is 2. The van der Waals surface area contributed by atoms with Gasteiger partial charge in [0.25, 0.3) is 0 Å². The van der Waals surface area contributed by atoms with E-state index in [2.05, 4.69) is 10.6 Å². The quantitative estimate of drug-likeness (QED) is 0.265. The van der Waals surface area contributed by atoms with Crippen molar-refractivity contribution in [3.8, 4) is 5.75 Å². The van der Waals surface area contributed by atoms with Crippen molar-refractivity contribution in [3.63, 3.8) is 0 Å². The molecule has 0 radical (unpaired) electrons. The van der Waals surface area contributed by atoms with Crippen molar-refractivity contribution in [3.05, 3.63) is 59.7 Å². The first-order chi connectivity index (χ1) is 15.5. The molecule has 0 heterocycles. The lowest BCUT2D eigenvalue weighted by molar-refractivity contribution is 0.1000. The van der Waals surface area contributed by atoms with Crippen LogP contribution in [0.25, 0.3) is 0 Å². The summed E-state index contributed by atoms with van der Waals surface area (Å²) in [7, 11) is 0. The first-order valence-electron chi connectivity index (χ1n) is 11.3. The van der Waals surface area contributed by atoms with E-state index in [1.807, 2.05) is 50.2 Å². The highest BCUT2D eigenvalue weighted by Crippen LogP contribution is 2.28. The number of amides is 1. The molecule has 4 N–H and O–H groups in total. The van der Waals surface area contributed by atoms with Crippen LogP contribution in [0.15, 0.2) is 53.5 Å². The first kappa shape index (κ1) is 23.6. The smallest absolute Gasteiger partial charge is 0.248 e. The number of carbonyl (C=O) groups excluding carboxylic acids is 1.